The molecule has 0 heterocycles. The summed E-state index contributed by atoms with van der Waals surface area (Å²) in [5, 5.41) is 0. The Morgan fingerprint density at radius 1 is 0.857 bits per heavy atom. The summed E-state index contributed by atoms with van der Waals surface area (Å²) in [5.41, 5.74) is 5.73. The summed E-state index contributed by atoms with van der Waals surface area (Å²) < 4.78 is 10.1. The molecule has 0 spiro atoms. The average molecular weight is 372 g/mol. The van der Waals surface area contributed by atoms with Crippen molar-refractivity contribution in [3.63, 3.8) is 0 Å². The summed E-state index contributed by atoms with van der Waals surface area (Å²) in [4.78, 5) is 22.0. The maximum Gasteiger partial charge on any atom is 0.338 e. The summed E-state index contributed by atoms with van der Waals surface area (Å²) in [7, 11) is 0. The molecule has 0 aliphatic rings. The van der Waals surface area contributed by atoms with Crippen LogP contribution in [0.5, 0.6) is 11.5 Å². The summed E-state index contributed by atoms with van der Waals surface area (Å²) in [6.07, 6.45) is 0. The van der Waals surface area contributed by atoms with Gasteiger partial charge in [-0.05, 0) is 65.9 Å². The molecule has 3 rings (SSSR count). The number of hydrogen-bond donors (Lipinski definition) is 0. The van der Waals surface area contributed by atoms with E-state index in [1.165, 1.54) is 0 Å². The minimum absolute atomic E-state index is 0.362. The van der Waals surface area contributed by atoms with Gasteiger partial charge in [0.05, 0.1) is 0 Å². The first kappa shape index (κ1) is 19.1. The van der Waals surface area contributed by atoms with E-state index in [9.17, 15) is 9.59 Å². The molecule has 0 aliphatic heterocycles. The van der Waals surface area contributed by atoms with Crippen molar-refractivity contribution in [2.24, 2.45) is 0 Å². The van der Waals surface area contributed by atoms with Gasteiger partial charge < -0.3 is 9.47 Å². The molecule has 3 aromatic rings. The highest BCUT2D eigenvalue weighted by Crippen LogP contribution is 2.30. The van der Waals surface area contributed by atoms with E-state index in [4.69, 9.17) is 9.47 Å². The largest absolute Gasteiger partial charge is 0.429 e. The topological polar surface area (TPSA) is 52.6 Å². The molecule has 0 saturated carbocycles. The Bertz CT molecular complexity index is 1020. The first-order chi connectivity index (χ1) is 13.5. The van der Waals surface area contributed by atoms with E-state index in [0.29, 0.717) is 23.5 Å². The predicted molar refractivity (Wildman–Crippen MR) is 109 cm³/mol. The number of aryl methyl sites for hydroxylation is 1. The Kier molecular flexibility index (Phi) is 5.70. The summed E-state index contributed by atoms with van der Waals surface area (Å²) >= 11 is 0. The van der Waals surface area contributed by atoms with Crippen LogP contribution in [0.25, 0.3) is 22.3 Å². The van der Waals surface area contributed by atoms with Gasteiger partial charge in [0.1, 0.15) is 11.5 Å². The van der Waals surface area contributed by atoms with E-state index >= 15 is 0 Å². The molecule has 4 heteroatoms. The first-order valence-electron chi connectivity index (χ1n) is 8.77. The van der Waals surface area contributed by atoms with Gasteiger partial charge in [0.2, 0.25) is 0 Å². The minimum atomic E-state index is -0.433. The van der Waals surface area contributed by atoms with Crippen molar-refractivity contribution in [3.8, 4) is 33.8 Å². The van der Waals surface area contributed by atoms with E-state index < -0.39 is 5.97 Å². The van der Waals surface area contributed by atoms with Gasteiger partial charge in [-0.25, -0.2) is 4.79 Å². The fourth-order valence-electron chi connectivity index (χ4n) is 2.85. The van der Waals surface area contributed by atoms with Crippen LogP contribution in [0.2, 0.25) is 0 Å². The molecule has 140 valence electrons. The highest BCUT2D eigenvalue weighted by Gasteiger charge is 2.08. The zero-order chi connectivity index (χ0) is 20.1. The second kappa shape index (κ2) is 8.35. The number of esters is 1. The van der Waals surface area contributed by atoms with Crippen LogP contribution in [-0.4, -0.2) is 12.4 Å². The molecule has 3 aromatic carbocycles. The van der Waals surface area contributed by atoms with Crippen molar-refractivity contribution < 1.29 is 19.1 Å². The van der Waals surface area contributed by atoms with Gasteiger partial charge in [-0.1, -0.05) is 49.0 Å². The van der Waals surface area contributed by atoms with Gasteiger partial charge in [-0.3, -0.25) is 4.79 Å². The van der Waals surface area contributed by atoms with Crippen LogP contribution in [0.3, 0.4) is 0 Å². The second-order valence-electron chi connectivity index (χ2n) is 6.46. The average Bonchev–Trinajstić information content (AvgIpc) is 2.69. The van der Waals surface area contributed by atoms with Gasteiger partial charge in [0.25, 0.3) is 6.47 Å². The van der Waals surface area contributed by atoms with Crippen LogP contribution in [0.1, 0.15) is 12.5 Å². The van der Waals surface area contributed by atoms with Crippen LogP contribution in [-0.2, 0) is 9.59 Å². The van der Waals surface area contributed by atoms with E-state index in [1.807, 2.05) is 30.3 Å². The van der Waals surface area contributed by atoms with E-state index in [2.05, 4.69) is 25.6 Å². The molecule has 0 radical (unpaired) electrons. The molecule has 0 saturated heterocycles. The van der Waals surface area contributed by atoms with Crippen LogP contribution in [0, 0.1) is 6.92 Å². The fraction of sp³-hybridized carbons (Fsp3) is 0.0833. The molecule has 0 atom stereocenters. The summed E-state index contributed by atoms with van der Waals surface area (Å²) in [5.74, 6) is 0.570. The predicted octanol–water partition coefficient (Wildman–Crippen LogP) is 5.35. The van der Waals surface area contributed by atoms with Crippen molar-refractivity contribution >= 4 is 12.4 Å². The zero-order valence-electron chi connectivity index (χ0n) is 15.8. The first-order valence-corrected chi connectivity index (χ1v) is 8.77. The van der Waals surface area contributed by atoms with Gasteiger partial charge >= 0.3 is 5.97 Å². The number of carbonyl (C=O) groups is 2. The number of hydrogen-bond acceptors (Lipinski definition) is 4. The maximum absolute atomic E-state index is 11.6. The summed E-state index contributed by atoms with van der Waals surface area (Å²) in [6.45, 7) is 7.66. The van der Waals surface area contributed by atoms with Gasteiger partial charge in [-0.2, -0.15) is 0 Å². The van der Waals surface area contributed by atoms with Crippen LogP contribution < -0.4 is 9.47 Å². The SMILES string of the molecule is C=C(C)C(=O)Oc1ccc(-c2ccc(-c3ccc(OC=O)cc3)cc2C)cc1. The molecular weight excluding hydrogens is 352 g/mol. The lowest BCUT2D eigenvalue weighted by molar-refractivity contribution is -0.130. The number of rotatable bonds is 6. The Hall–Kier alpha value is -3.66. The molecule has 0 unspecified atom stereocenters. The summed E-state index contributed by atoms with van der Waals surface area (Å²) in [6, 6.07) is 21.0. The molecule has 0 aromatic heterocycles. The smallest absolute Gasteiger partial charge is 0.338 e. The zero-order valence-corrected chi connectivity index (χ0v) is 15.8. The Morgan fingerprint density at radius 2 is 1.43 bits per heavy atom. The Labute approximate surface area is 164 Å². The lowest BCUT2D eigenvalue weighted by Gasteiger charge is -2.11. The third-order valence-electron chi connectivity index (χ3n) is 4.32. The standard InChI is InChI=1S/C24H20O4/c1-16(2)24(26)28-22-11-6-19(7-12-22)23-13-8-20(14-17(23)3)18-4-9-21(10-5-18)27-15-25/h4-15H,1H2,2-3H3. The molecule has 0 amide bonds. The quantitative estimate of drug-likeness (QED) is 0.253. The third-order valence-corrected chi connectivity index (χ3v) is 4.32. The van der Waals surface area contributed by atoms with Crippen LogP contribution in [0.15, 0.2) is 78.9 Å². The van der Waals surface area contributed by atoms with Gasteiger partial charge in [0.15, 0.2) is 0 Å². The fourth-order valence-corrected chi connectivity index (χ4v) is 2.85. The lowest BCUT2D eigenvalue weighted by atomic mass is 9.96. The van der Waals surface area contributed by atoms with Crippen molar-refractivity contribution in [2.75, 3.05) is 0 Å². The maximum atomic E-state index is 11.6. The van der Waals surface area contributed by atoms with Crippen LogP contribution in [0.4, 0.5) is 0 Å². The minimum Gasteiger partial charge on any atom is -0.429 e. The van der Waals surface area contributed by atoms with Crippen molar-refractivity contribution in [2.45, 2.75) is 13.8 Å². The molecule has 4 nitrogen and oxygen atoms in total. The third kappa shape index (κ3) is 4.35. The molecule has 0 fully saturated rings. The molecule has 0 aliphatic carbocycles. The van der Waals surface area contributed by atoms with Crippen molar-refractivity contribution in [1.82, 2.24) is 0 Å². The highest BCUT2D eigenvalue weighted by molar-refractivity contribution is 5.88. The normalized spacial score (nSPS) is 10.2. The van der Waals surface area contributed by atoms with Crippen LogP contribution >= 0.6 is 0 Å². The number of ether oxygens (including phenoxy) is 2. The van der Waals surface area contributed by atoms with Crippen molar-refractivity contribution in [1.29, 1.82) is 0 Å². The van der Waals surface area contributed by atoms with E-state index in [-0.39, 0.29) is 0 Å². The number of carbonyl (C=O) groups excluding carboxylic acids is 2. The second-order valence-corrected chi connectivity index (χ2v) is 6.46. The Balaban J connectivity index is 1.81. The van der Waals surface area contributed by atoms with E-state index in [0.717, 1.165) is 27.8 Å². The van der Waals surface area contributed by atoms with Crippen molar-refractivity contribution in [3.05, 3.63) is 84.4 Å². The highest BCUT2D eigenvalue weighted by atomic mass is 16.5. The molecule has 0 bridgehead atoms. The van der Waals surface area contributed by atoms with Gasteiger partial charge in [0, 0.05) is 5.57 Å². The van der Waals surface area contributed by atoms with E-state index in [1.54, 1.807) is 31.2 Å². The molecule has 28 heavy (non-hydrogen) atoms. The lowest BCUT2D eigenvalue weighted by Crippen LogP contribution is -2.07. The number of benzene rings is 3. The Morgan fingerprint density at radius 3 is 2.00 bits per heavy atom. The molecular formula is C24H20O4. The molecule has 0 N–H and O–H groups in total. The van der Waals surface area contributed by atoms with Gasteiger partial charge in [-0.15, -0.1) is 0 Å². The monoisotopic (exact) mass is 372 g/mol.